The largest absolute Gasteiger partial charge is 0.342 e. The molecule has 0 aromatic carbocycles. The topological polar surface area (TPSA) is 49.4 Å². The first-order valence-electron chi connectivity index (χ1n) is 6.20. The van der Waals surface area contributed by atoms with Crippen molar-refractivity contribution in [2.24, 2.45) is 0 Å². The molecule has 0 spiro atoms. The Morgan fingerprint density at radius 3 is 2.53 bits per heavy atom. The summed E-state index contributed by atoms with van der Waals surface area (Å²) in [5.41, 5.74) is -1.51. The van der Waals surface area contributed by atoms with Crippen LogP contribution < -0.4 is 5.32 Å². The molecule has 2 atom stereocenters. The fourth-order valence-electron chi connectivity index (χ4n) is 2.45. The number of rotatable bonds is 3. The van der Waals surface area contributed by atoms with Gasteiger partial charge in [0.05, 0.1) is 0 Å². The second-order valence-corrected chi connectivity index (χ2v) is 5.19. The number of nitrogens with zero attached hydrogens (tertiary/aromatic N) is 1. The molecule has 2 aliphatic rings. The summed E-state index contributed by atoms with van der Waals surface area (Å²) in [6.45, 7) is 3.96. The van der Waals surface area contributed by atoms with Crippen LogP contribution in [0.4, 0.5) is 4.39 Å². The van der Waals surface area contributed by atoms with Crippen LogP contribution in [0.25, 0.3) is 0 Å². The van der Waals surface area contributed by atoms with E-state index < -0.39 is 11.7 Å². The van der Waals surface area contributed by atoms with E-state index in [1.807, 2.05) is 6.92 Å². The summed E-state index contributed by atoms with van der Waals surface area (Å²) in [4.78, 5) is 25.0. The molecule has 0 aromatic rings. The molecule has 17 heavy (non-hydrogen) atoms. The van der Waals surface area contributed by atoms with Crippen molar-refractivity contribution >= 4 is 11.8 Å². The standard InChI is InChI=1S/C12H19FN2O2/c1-8-4-3-7-15(8)11(17)10(14-9(2)16)12(13)5-6-12/h8,10H,3-7H2,1-2H3,(H,14,16). The molecule has 1 aliphatic heterocycles. The normalized spacial score (nSPS) is 27.7. The molecule has 2 fully saturated rings. The third-order valence-electron chi connectivity index (χ3n) is 3.68. The smallest absolute Gasteiger partial charge is 0.248 e. The highest BCUT2D eigenvalue weighted by Crippen LogP contribution is 2.44. The molecule has 1 saturated heterocycles. The van der Waals surface area contributed by atoms with Crippen LogP contribution in [0.5, 0.6) is 0 Å². The van der Waals surface area contributed by atoms with Crippen molar-refractivity contribution in [3.63, 3.8) is 0 Å². The molecule has 2 amide bonds. The van der Waals surface area contributed by atoms with E-state index >= 15 is 0 Å². The molecule has 0 bridgehead atoms. The lowest BCUT2D eigenvalue weighted by Gasteiger charge is -2.29. The Bertz CT molecular complexity index is 341. The molecule has 96 valence electrons. The van der Waals surface area contributed by atoms with Gasteiger partial charge in [0.2, 0.25) is 11.8 Å². The number of carbonyl (C=O) groups is 2. The molecule has 1 N–H and O–H groups in total. The van der Waals surface area contributed by atoms with Gasteiger partial charge < -0.3 is 10.2 Å². The number of carbonyl (C=O) groups excluding carboxylic acids is 2. The highest BCUT2D eigenvalue weighted by molar-refractivity contribution is 5.89. The number of hydrogen-bond acceptors (Lipinski definition) is 2. The quantitative estimate of drug-likeness (QED) is 0.802. The van der Waals surface area contributed by atoms with E-state index in [1.54, 1.807) is 4.90 Å². The minimum Gasteiger partial charge on any atom is -0.342 e. The molecule has 2 rings (SSSR count). The zero-order chi connectivity index (χ0) is 12.6. The van der Waals surface area contributed by atoms with Gasteiger partial charge in [0.1, 0.15) is 11.7 Å². The Kier molecular flexibility index (Phi) is 3.10. The van der Waals surface area contributed by atoms with Crippen molar-refractivity contribution in [1.29, 1.82) is 0 Å². The van der Waals surface area contributed by atoms with Crippen LogP contribution in [-0.4, -0.2) is 41.0 Å². The zero-order valence-electron chi connectivity index (χ0n) is 10.3. The number of halogens is 1. The lowest BCUT2D eigenvalue weighted by Crippen LogP contribution is -2.54. The maximum Gasteiger partial charge on any atom is 0.248 e. The van der Waals surface area contributed by atoms with Gasteiger partial charge in [-0.25, -0.2) is 4.39 Å². The van der Waals surface area contributed by atoms with Crippen molar-refractivity contribution in [3.8, 4) is 0 Å². The van der Waals surface area contributed by atoms with Crippen LogP contribution in [0, 0.1) is 0 Å². The van der Waals surface area contributed by atoms with Gasteiger partial charge in [-0.1, -0.05) is 0 Å². The number of amides is 2. The Labute approximate surface area is 101 Å². The average Bonchev–Trinajstić information content (AvgIpc) is 2.84. The second-order valence-electron chi connectivity index (χ2n) is 5.19. The van der Waals surface area contributed by atoms with Gasteiger partial charge in [0.15, 0.2) is 0 Å². The molecule has 2 unspecified atom stereocenters. The van der Waals surface area contributed by atoms with Crippen molar-refractivity contribution in [3.05, 3.63) is 0 Å². The summed E-state index contributed by atoms with van der Waals surface area (Å²) in [7, 11) is 0. The summed E-state index contributed by atoms with van der Waals surface area (Å²) in [5.74, 6) is -0.607. The van der Waals surface area contributed by atoms with Gasteiger partial charge >= 0.3 is 0 Å². The third-order valence-corrected chi connectivity index (χ3v) is 3.68. The van der Waals surface area contributed by atoms with E-state index in [9.17, 15) is 14.0 Å². The average molecular weight is 242 g/mol. The molecular formula is C12H19FN2O2. The maximum absolute atomic E-state index is 14.1. The van der Waals surface area contributed by atoms with Crippen LogP contribution >= 0.6 is 0 Å². The van der Waals surface area contributed by atoms with Crippen molar-refractivity contribution in [2.75, 3.05) is 6.54 Å². The molecular weight excluding hydrogens is 223 g/mol. The van der Waals surface area contributed by atoms with Crippen LogP contribution in [0.15, 0.2) is 0 Å². The van der Waals surface area contributed by atoms with Crippen LogP contribution in [0.2, 0.25) is 0 Å². The van der Waals surface area contributed by atoms with E-state index in [1.165, 1.54) is 6.92 Å². The maximum atomic E-state index is 14.1. The Morgan fingerprint density at radius 1 is 1.47 bits per heavy atom. The lowest BCUT2D eigenvalue weighted by molar-refractivity contribution is -0.139. The van der Waals surface area contributed by atoms with Crippen LogP contribution in [0.1, 0.15) is 39.5 Å². The number of hydrogen-bond donors (Lipinski definition) is 1. The Balaban J connectivity index is 2.09. The molecule has 1 heterocycles. The van der Waals surface area contributed by atoms with Crippen LogP contribution in [-0.2, 0) is 9.59 Å². The Morgan fingerprint density at radius 2 is 2.12 bits per heavy atom. The fraction of sp³-hybridized carbons (Fsp3) is 0.833. The van der Waals surface area contributed by atoms with Gasteiger partial charge in [0, 0.05) is 19.5 Å². The van der Waals surface area contributed by atoms with E-state index in [-0.39, 0.29) is 17.9 Å². The van der Waals surface area contributed by atoms with E-state index in [2.05, 4.69) is 5.32 Å². The van der Waals surface area contributed by atoms with Crippen LogP contribution in [0.3, 0.4) is 0 Å². The first-order valence-corrected chi connectivity index (χ1v) is 6.20. The molecule has 5 heteroatoms. The number of likely N-dealkylation sites (tertiary alicyclic amines) is 1. The predicted octanol–water partition coefficient (Wildman–Crippen LogP) is 1.00. The summed E-state index contributed by atoms with van der Waals surface area (Å²) >= 11 is 0. The number of nitrogens with one attached hydrogen (secondary N) is 1. The highest BCUT2D eigenvalue weighted by Gasteiger charge is 2.55. The SMILES string of the molecule is CC(=O)NC(C(=O)N1CCCC1C)C1(F)CC1. The molecule has 1 saturated carbocycles. The molecule has 4 nitrogen and oxygen atoms in total. The summed E-state index contributed by atoms with van der Waals surface area (Å²) in [6.07, 6.45) is 2.65. The first kappa shape index (κ1) is 12.3. The van der Waals surface area contributed by atoms with Gasteiger partial charge in [-0.2, -0.15) is 0 Å². The van der Waals surface area contributed by atoms with Gasteiger partial charge in [-0.15, -0.1) is 0 Å². The summed E-state index contributed by atoms with van der Waals surface area (Å²) in [6, 6.07) is -0.832. The fourth-order valence-corrected chi connectivity index (χ4v) is 2.45. The van der Waals surface area contributed by atoms with Gasteiger partial charge in [-0.3, -0.25) is 9.59 Å². The first-order chi connectivity index (χ1) is 7.94. The van der Waals surface area contributed by atoms with Crippen molar-refractivity contribution < 1.29 is 14.0 Å². The third kappa shape index (κ3) is 2.42. The molecule has 1 aliphatic carbocycles. The van der Waals surface area contributed by atoms with Crippen molar-refractivity contribution in [1.82, 2.24) is 10.2 Å². The molecule has 0 radical (unpaired) electrons. The van der Waals surface area contributed by atoms with E-state index in [0.717, 1.165) is 12.8 Å². The summed E-state index contributed by atoms with van der Waals surface area (Å²) < 4.78 is 14.1. The zero-order valence-corrected chi connectivity index (χ0v) is 10.3. The summed E-state index contributed by atoms with van der Waals surface area (Å²) in [5, 5.41) is 2.47. The predicted molar refractivity (Wildman–Crippen MR) is 61.1 cm³/mol. The van der Waals surface area contributed by atoms with E-state index in [4.69, 9.17) is 0 Å². The Hall–Kier alpha value is -1.13. The number of alkyl halides is 1. The van der Waals surface area contributed by atoms with Gasteiger partial charge in [-0.05, 0) is 32.6 Å². The van der Waals surface area contributed by atoms with Gasteiger partial charge in [0.25, 0.3) is 0 Å². The molecule has 0 aromatic heterocycles. The second kappa shape index (κ2) is 4.27. The van der Waals surface area contributed by atoms with Crippen molar-refractivity contribution in [2.45, 2.75) is 57.3 Å². The minimum absolute atomic E-state index is 0.154. The lowest BCUT2D eigenvalue weighted by atomic mass is 10.1. The minimum atomic E-state index is -1.51. The van der Waals surface area contributed by atoms with E-state index in [0.29, 0.717) is 19.4 Å². The monoisotopic (exact) mass is 242 g/mol. The highest BCUT2D eigenvalue weighted by atomic mass is 19.1.